The summed E-state index contributed by atoms with van der Waals surface area (Å²) >= 11 is 1.52. The van der Waals surface area contributed by atoms with Crippen LogP contribution in [0.5, 0.6) is 0 Å². The molecule has 0 saturated heterocycles. The van der Waals surface area contributed by atoms with Crippen molar-refractivity contribution in [3.05, 3.63) is 39.4 Å². The quantitative estimate of drug-likeness (QED) is 0.615. The predicted octanol–water partition coefficient (Wildman–Crippen LogP) is 3.41. The van der Waals surface area contributed by atoms with E-state index < -0.39 is 4.92 Å². The minimum Gasteiger partial charge on any atom is -0.258 e. The summed E-state index contributed by atoms with van der Waals surface area (Å²) in [5.74, 6) is 0. The van der Waals surface area contributed by atoms with E-state index in [0.29, 0.717) is 0 Å². The highest BCUT2D eigenvalue weighted by atomic mass is 32.1. The molecule has 0 atom stereocenters. The summed E-state index contributed by atoms with van der Waals surface area (Å²) in [5, 5.41) is 20.6. The number of nitro benzene ring substituents is 1. The fourth-order valence-electron chi connectivity index (χ4n) is 1.37. The second kappa shape index (κ2) is 4.45. The van der Waals surface area contributed by atoms with E-state index in [2.05, 4.69) is 31.0 Å². The Morgan fingerprint density at radius 3 is 2.22 bits per heavy atom. The third-order valence-electron chi connectivity index (χ3n) is 2.39. The van der Waals surface area contributed by atoms with Gasteiger partial charge in [0.05, 0.1) is 4.92 Å². The summed E-state index contributed by atoms with van der Waals surface area (Å²) in [6, 6.07) is 6.36. The molecule has 0 aliphatic heterocycles. The molecule has 0 radical (unpaired) electrons. The molecule has 1 aromatic carbocycles. The number of hydrogen-bond donors (Lipinski definition) is 0. The summed E-state index contributed by atoms with van der Waals surface area (Å²) in [6.45, 7) is 6.23. The van der Waals surface area contributed by atoms with E-state index >= 15 is 0 Å². The van der Waals surface area contributed by atoms with Gasteiger partial charge in [-0.05, 0) is 12.1 Å². The lowest BCUT2D eigenvalue weighted by atomic mass is 9.98. The van der Waals surface area contributed by atoms with Crippen molar-refractivity contribution in [1.29, 1.82) is 0 Å². The molecule has 2 aromatic rings. The Kier molecular flexibility index (Phi) is 3.13. The molecule has 94 valence electrons. The van der Waals surface area contributed by atoms with Gasteiger partial charge in [0, 0.05) is 23.1 Å². The van der Waals surface area contributed by atoms with Gasteiger partial charge < -0.3 is 0 Å². The molecule has 0 aliphatic rings. The standard InChI is InChI=1S/C12H13N3O2S/c1-12(2,3)11-14-13-10(18-11)8-4-6-9(7-5-8)15(16)17/h4-7H,1-3H3. The second-order valence-corrected chi connectivity index (χ2v) is 5.94. The lowest BCUT2D eigenvalue weighted by Gasteiger charge is -2.12. The monoisotopic (exact) mass is 263 g/mol. The van der Waals surface area contributed by atoms with Crippen molar-refractivity contribution in [2.75, 3.05) is 0 Å². The Morgan fingerprint density at radius 2 is 1.78 bits per heavy atom. The Hall–Kier alpha value is -1.82. The first kappa shape index (κ1) is 12.6. The number of rotatable bonds is 2. The minimum atomic E-state index is -0.412. The molecule has 6 heteroatoms. The Balaban J connectivity index is 2.32. The van der Waals surface area contributed by atoms with Crippen LogP contribution in [0.1, 0.15) is 25.8 Å². The molecule has 0 spiro atoms. The van der Waals surface area contributed by atoms with Crippen LogP contribution >= 0.6 is 11.3 Å². The van der Waals surface area contributed by atoms with Gasteiger partial charge >= 0.3 is 0 Å². The molecule has 0 unspecified atom stereocenters. The maximum absolute atomic E-state index is 10.6. The number of aromatic nitrogens is 2. The van der Waals surface area contributed by atoms with Gasteiger partial charge in [-0.1, -0.05) is 32.1 Å². The smallest absolute Gasteiger partial charge is 0.258 e. The molecule has 1 heterocycles. The molecule has 0 amide bonds. The van der Waals surface area contributed by atoms with Gasteiger partial charge in [-0.2, -0.15) is 0 Å². The van der Waals surface area contributed by atoms with Gasteiger partial charge in [-0.15, -0.1) is 10.2 Å². The molecule has 0 aliphatic carbocycles. The number of nitrogens with zero attached hydrogens (tertiary/aromatic N) is 3. The first-order valence-corrected chi connectivity index (χ1v) is 6.28. The largest absolute Gasteiger partial charge is 0.269 e. The second-order valence-electron chi connectivity index (χ2n) is 4.97. The highest BCUT2D eigenvalue weighted by Gasteiger charge is 2.20. The van der Waals surface area contributed by atoms with Crippen LogP contribution in [0.15, 0.2) is 24.3 Å². The van der Waals surface area contributed by atoms with E-state index in [4.69, 9.17) is 0 Å². The van der Waals surface area contributed by atoms with Crippen molar-refractivity contribution in [2.45, 2.75) is 26.2 Å². The van der Waals surface area contributed by atoms with Crippen LogP contribution in [-0.2, 0) is 5.41 Å². The fraction of sp³-hybridized carbons (Fsp3) is 0.333. The third-order valence-corrected chi connectivity index (χ3v) is 3.79. The van der Waals surface area contributed by atoms with Crippen molar-refractivity contribution in [3.8, 4) is 10.6 Å². The van der Waals surface area contributed by atoms with Crippen LogP contribution in [0.2, 0.25) is 0 Å². The Labute approximate surface area is 109 Å². The first-order chi connectivity index (χ1) is 8.38. The zero-order chi connectivity index (χ0) is 13.3. The maximum atomic E-state index is 10.6. The molecular formula is C12H13N3O2S. The predicted molar refractivity (Wildman–Crippen MR) is 70.7 cm³/mol. The van der Waals surface area contributed by atoms with E-state index in [9.17, 15) is 10.1 Å². The molecular weight excluding hydrogens is 250 g/mol. The first-order valence-electron chi connectivity index (χ1n) is 5.47. The van der Waals surface area contributed by atoms with Crippen LogP contribution in [0.25, 0.3) is 10.6 Å². The molecule has 0 N–H and O–H groups in total. The number of non-ortho nitro benzene ring substituents is 1. The zero-order valence-corrected chi connectivity index (χ0v) is 11.2. The molecule has 18 heavy (non-hydrogen) atoms. The Morgan fingerprint density at radius 1 is 1.17 bits per heavy atom. The van der Waals surface area contributed by atoms with Gasteiger partial charge in [0.1, 0.15) is 10.0 Å². The van der Waals surface area contributed by atoms with Crippen molar-refractivity contribution in [3.63, 3.8) is 0 Å². The average molecular weight is 263 g/mol. The maximum Gasteiger partial charge on any atom is 0.269 e. The third kappa shape index (κ3) is 2.53. The molecule has 2 rings (SSSR count). The fourth-order valence-corrected chi connectivity index (χ4v) is 2.28. The van der Waals surface area contributed by atoms with Crippen LogP contribution in [0, 0.1) is 10.1 Å². The van der Waals surface area contributed by atoms with Crippen LogP contribution < -0.4 is 0 Å². The van der Waals surface area contributed by atoms with Gasteiger partial charge in [-0.25, -0.2) is 0 Å². The summed E-state index contributed by atoms with van der Waals surface area (Å²) in [7, 11) is 0. The Bertz CT molecular complexity index is 570. The van der Waals surface area contributed by atoms with E-state index in [1.807, 2.05) is 0 Å². The van der Waals surface area contributed by atoms with Gasteiger partial charge in [-0.3, -0.25) is 10.1 Å². The van der Waals surface area contributed by atoms with E-state index in [0.717, 1.165) is 15.6 Å². The van der Waals surface area contributed by atoms with E-state index in [1.54, 1.807) is 12.1 Å². The van der Waals surface area contributed by atoms with Crippen molar-refractivity contribution in [2.24, 2.45) is 0 Å². The minimum absolute atomic E-state index is 0.0311. The molecule has 0 bridgehead atoms. The number of hydrogen-bond acceptors (Lipinski definition) is 5. The molecule has 1 aromatic heterocycles. The van der Waals surface area contributed by atoms with Gasteiger partial charge in [0.15, 0.2) is 0 Å². The van der Waals surface area contributed by atoms with Crippen molar-refractivity contribution in [1.82, 2.24) is 10.2 Å². The topological polar surface area (TPSA) is 68.9 Å². The van der Waals surface area contributed by atoms with Crippen LogP contribution in [0.4, 0.5) is 5.69 Å². The highest BCUT2D eigenvalue weighted by molar-refractivity contribution is 7.14. The van der Waals surface area contributed by atoms with Crippen molar-refractivity contribution >= 4 is 17.0 Å². The number of benzene rings is 1. The van der Waals surface area contributed by atoms with Crippen LogP contribution in [-0.4, -0.2) is 15.1 Å². The normalized spacial score (nSPS) is 11.5. The summed E-state index contributed by atoms with van der Waals surface area (Å²) in [5.41, 5.74) is 0.907. The summed E-state index contributed by atoms with van der Waals surface area (Å²) in [4.78, 5) is 10.2. The molecule has 0 saturated carbocycles. The van der Waals surface area contributed by atoms with Crippen LogP contribution in [0.3, 0.4) is 0 Å². The van der Waals surface area contributed by atoms with Gasteiger partial charge in [0.2, 0.25) is 0 Å². The van der Waals surface area contributed by atoms with Gasteiger partial charge in [0.25, 0.3) is 5.69 Å². The van der Waals surface area contributed by atoms with E-state index in [-0.39, 0.29) is 11.1 Å². The summed E-state index contributed by atoms with van der Waals surface area (Å²) in [6.07, 6.45) is 0. The lowest BCUT2D eigenvalue weighted by Crippen LogP contribution is -2.10. The lowest BCUT2D eigenvalue weighted by molar-refractivity contribution is -0.384. The SMILES string of the molecule is CC(C)(C)c1nnc(-c2ccc([N+](=O)[O-])cc2)s1. The number of nitro groups is 1. The molecule has 5 nitrogen and oxygen atoms in total. The highest BCUT2D eigenvalue weighted by Crippen LogP contribution is 2.31. The van der Waals surface area contributed by atoms with Crippen molar-refractivity contribution < 1.29 is 4.92 Å². The molecule has 0 fully saturated rings. The van der Waals surface area contributed by atoms with E-state index in [1.165, 1.54) is 23.5 Å². The zero-order valence-electron chi connectivity index (χ0n) is 10.4. The summed E-state index contributed by atoms with van der Waals surface area (Å²) < 4.78 is 0. The average Bonchev–Trinajstić information content (AvgIpc) is 2.78.